The van der Waals surface area contributed by atoms with Gasteiger partial charge in [-0.25, -0.2) is 0 Å². The van der Waals surface area contributed by atoms with Gasteiger partial charge in [0, 0.05) is 0 Å². The molecule has 3 N–H and O–H groups in total. The lowest BCUT2D eigenvalue weighted by atomic mass is 9.97. The van der Waals surface area contributed by atoms with Gasteiger partial charge in [-0.2, -0.15) is 0 Å². The molecule has 2 aromatic rings. The van der Waals surface area contributed by atoms with Crippen molar-refractivity contribution in [2.45, 2.75) is 6.42 Å². The van der Waals surface area contributed by atoms with Crippen LogP contribution >= 0.6 is 0 Å². The van der Waals surface area contributed by atoms with Gasteiger partial charge in [-0.3, -0.25) is 5.84 Å². The number of hydrogen-bond donors (Lipinski definition) is 2. The fraction of sp³-hybridized carbons (Fsp3) is 0.100. The SMILES string of the molecule is NNc1ccccc1CC1C=CC=C(c2ccccc2)C=C1. The molecule has 0 fully saturated rings. The summed E-state index contributed by atoms with van der Waals surface area (Å²) in [5, 5.41) is 0. The molecule has 1 aliphatic carbocycles. The average molecular weight is 288 g/mol. The number of nitrogen functional groups attached to an aromatic ring is 1. The Kier molecular flexibility index (Phi) is 4.52. The van der Waals surface area contributed by atoms with E-state index in [1.165, 1.54) is 16.7 Å². The van der Waals surface area contributed by atoms with Crippen LogP contribution in [-0.4, -0.2) is 0 Å². The van der Waals surface area contributed by atoms with Gasteiger partial charge in [-0.15, -0.1) is 0 Å². The van der Waals surface area contributed by atoms with Crippen LogP contribution in [0.1, 0.15) is 11.1 Å². The zero-order valence-electron chi connectivity index (χ0n) is 12.4. The molecule has 1 atom stereocenters. The number of hydrogen-bond acceptors (Lipinski definition) is 2. The second-order valence-electron chi connectivity index (χ2n) is 5.40. The average Bonchev–Trinajstić information content (AvgIpc) is 2.82. The zero-order valence-corrected chi connectivity index (χ0v) is 12.4. The summed E-state index contributed by atoms with van der Waals surface area (Å²) in [4.78, 5) is 0. The molecule has 0 radical (unpaired) electrons. The van der Waals surface area contributed by atoms with Crippen LogP contribution in [0.3, 0.4) is 0 Å². The Morgan fingerprint density at radius 2 is 1.68 bits per heavy atom. The standard InChI is InChI=1S/C20H20N2/c21-22-20-12-5-4-10-19(20)15-16-7-6-11-18(14-13-16)17-8-2-1-3-9-17/h1-14,16,22H,15,21H2. The number of rotatable bonds is 4. The van der Waals surface area contributed by atoms with E-state index in [2.05, 4.69) is 66.1 Å². The van der Waals surface area contributed by atoms with Crippen LogP contribution in [0.15, 0.2) is 85.0 Å². The largest absolute Gasteiger partial charge is 0.324 e. The van der Waals surface area contributed by atoms with Crippen molar-refractivity contribution in [2.24, 2.45) is 11.8 Å². The van der Waals surface area contributed by atoms with Crippen LogP contribution < -0.4 is 11.3 Å². The molecule has 0 heterocycles. The van der Waals surface area contributed by atoms with E-state index in [0.29, 0.717) is 5.92 Å². The van der Waals surface area contributed by atoms with Crippen molar-refractivity contribution >= 4 is 11.3 Å². The van der Waals surface area contributed by atoms with Gasteiger partial charge in [0.05, 0.1) is 5.69 Å². The lowest BCUT2D eigenvalue weighted by Gasteiger charge is -2.12. The first-order valence-electron chi connectivity index (χ1n) is 7.53. The predicted octanol–water partition coefficient (Wildman–Crippen LogP) is 4.34. The highest BCUT2D eigenvalue weighted by Crippen LogP contribution is 2.24. The highest BCUT2D eigenvalue weighted by atomic mass is 15.2. The first-order chi connectivity index (χ1) is 10.9. The van der Waals surface area contributed by atoms with Crippen LogP contribution in [0.2, 0.25) is 0 Å². The van der Waals surface area contributed by atoms with Gasteiger partial charge in [0.2, 0.25) is 0 Å². The van der Waals surface area contributed by atoms with E-state index in [1.54, 1.807) is 0 Å². The molecule has 3 rings (SSSR count). The molecule has 1 aliphatic rings. The summed E-state index contributed by atoms with van der Waals surface area (Å²) in [6, 6.07) is 18.6. The highest BCUT2D eigenvalue weighted by Gasteiger charge is 2.08. The lowest BCUT2D eigenvalue weighted by Crippen LogP contribution is -2.10. The Balaban J connectivity index is 1.77. The van der Waals surface area contributed by atoms with Crippen molar-refractivity contribution < 1.29 is 0 Å². The normalized spacial score (nSPS) is 17.0. The fourth-order valence-corrected chi connectivity index (χ4v) is 2.70. The van der Waals surface area contributed by atoms with Gasteiger partial charge in [-0.1, -0.05) is 78.9 Å². The summed E-state index contributed by atoms with van der Waals surface area (Å²) in [6.07, 6.45) is 11.9. The van der Waals surface area contributed by atoms with Crippen molar-refractivity contribution in [3.8, 4) is 0 Å². The summed E-state index contributed by atoms with van der Waals surface area (Å²) < 4.78 is 0. The van der Waals surface area contributed by atoms with Crippen LogP contribution in [0.25, 0.3) is 5.57 Å². The Bertz CT molecular complexity index is 711. The highest BCUT2D eigenvalue weighted by molar-refractivity contribution is 5.75. The second-order valence-corrected chi connectivity index (χ2v) is 5.40. The Hall–Kier alpha value is -2.58. The Morgan fingerprint density at radius 1 is 0.909 bits per heavy atom. The minimum Gasteiger partial charge on any atom is -0.324 e. The quantitative estimate of drug-likeness (QED) is 0.648. The van der Waals surface area contributed by atoms with E-state index in [9.17, 15) is 0 Å². The van der Waals surface area contributed by atoms with Gasteiger partial charge in [0.1, 0.15) is 0 Å². The van der Waals surface area contributed by atoms with Crippen LogP contribution in [0, 0.1) is 5.92 Å². The smallest absolute Gasteiger partial charge is 0.0517 e. The topological polar surface area (TPSA) is 38.0 Å². The molecule has 110 valence electrons. The molecule has 1 unspecified atom stereocenters. The van der Waals surface area contributed by atoms with Crippen LogP contribution in [0.4, 0.5) is 5.69 Å². The van der Waals surface area contributed by atoms with Gasteiger partial charge >= 0.3 is 0 Å². The third-order valence-corrected chi connectivity index (χ3v) is 3.89. The van der Waals surface area contributed by atoms with Crippen molar-refractivity contribution in [1.82, 2.24) is 0 Å². The molecular weight excluding hydrogens is 268 g/mol. The number of nitrogens with one attached hydrogen (secondary N) is 1. The van der Waals surface area contributed by atoms with Crippen molar-refractivity contribution in [2.75, 3.05) is 5.43 Å². The number of nitrogens with two attached hydrogens (primary N) is 1. The van der Waals surface area contributed by atoms with E-state index >= 15 is 0 Å². The third-order valence-electron chi connectivity index (χ3n) is 3.89. The first-order valence-corrected chi connectivity index (χ1v) is 7.53. The van der Waals surface area contributed by atoms with Gasteiger partial charge in [-0.05, 0) is 35.1 Å². The fourth-order valence-electron chi connectivity index (χ4n) is 2.70. The predicted molar refractivity (Wildman–Crippen MR) is 94.1 cm³/mol. The number of para-hydroxylation sites is 1. The molecule has 2 heteroatoms. The van der Waals surface area contributed by atoms with E-state index in [1.807, 2.05) is 24.3 Å². The molecular formula is C20H20N2. The maximum atomic E-state index is 5.59. The number of anilines is 1. The summed E-state index contributed by atoms with van der Waals surface area (Å²) in [5.41, 5.74) is 7.48. The summed E-state index contributed by atoms with van der Waals surface area (Å²) >= 11 is 0. The lowest BCUT2D eigenvalue weighted by molar-refractivity contribution is 0.807. The van der Waals surface area contributed by atoms with Crippen molar-refractivity contribution in [1.29, 1.82) is 0 Å². The third kappa shape index (κ3) is 3.35. The van der Waals surface area contributed by atoms with E-state index < -0.39 is 0 Å². The molecule has 2 nitrogen and oxygen atoms in total. The number of allylic oxidation sites excluding steroid dienone is 6. The molecule has 0 aromatic heterocycles. The van der Waals surface area contributed by atoms with E-state index in [-0.39, 0.29) is 0 Å². The molecule has 0 saturated heterocycles. The summed E-state index contributed by atoms with van der Waals surface area (Å²) in [6.45, 7) is 0. The Morgan fingerprint density at radius 3 is 2.50 bits per heavy atom. The van der Waals surface area contributed by atoms with E-state index in [4.69, 9.17) is 5.84 Å². The summed E-state index contributed by atoms with van der Waals surface area (Å²) in [5.74, 6) is 5.96. The van der Waals surface area contributed by atoms with Gasteiger partial charge < -0.3 is 5.43 Å². The number of benzene rings is 2. The zero-order chi connectivity index (χ0) is 15.2. The molecule has 0 aliphatic heterocycles. The second kappa shape index (κ2) is 6.92. The molecule has 22 heavy (non-hydrogen) atoms. The molecule has 2 aromatic carbocycles. The maximum absolute atomic E-state index is 5.59. The Labute approximate surface area is 131 Å². The molecule has 0 amide bonds. The molecule has 0 spiro atoms. The first kappa shape index (κ1) is 14.4. The van der Waals surface area contributed by atoms with Crippen LogP contribution in [0.5, 0.6) is 0 Å². The molecule has 0 bridgehead atoms. The minimum atomic E-state index is 0.368. The van der Waals surface area contributed by atoms with E-state index in [0.717, 1.165) is 12.1 Å². The van der Waals surface area contributed by atoms with Gasteiger partial charge in [0.15, 0.2) is 0 Å². The molecule has 0 saturated carbocycles. The minimum absolute atomic E-state index is 0.368. The number of hydrazine groups is 1. The van der Waals surface area contributed by atoms with Crippen molar-refractivity contribution in [3.63, 3.8) is 0 Å². The summed E-state index contributed by atoms with van der Waals surface area (Å²) in [7, 11) is 0. The maximum Gasteiger partial charge on any atom is 0.0517 e. The van der Waals surface area contributed by atoms with Crippen LogP contribution in [-0.2, 0) is 6.42 Å². The van der Waals surface area contributed by atoms with Crippen molar-refractivity contribution in [3.05, 3.63) is 96.1 Å². The van der Waals surface area contributed by atoms with Gasteiger partial charge in [0.25, 0.3) is 0 Å². The monoisotopic (exact) mass is 288 g/mol.